The van der Waals surface area contributed by atoms with Crippen molar-refractivity contribution in [2.45, 2.75) is 59.4 Å². The highest BCUT2D eigenvalue weighted by molar-refractivity contribution is 5.85. The van der Waals surface area contributed by atoms with E-state index in [1.165, 1.54) is 0 Å². The van der Waals surface area contributed by atoms with Gasteiger partial charge in [-0.2, -0.15) is 0 Å². The van der Waals surface area contributed by atoms with Crippen molar-refractivity contribution in [3.63, 3.8) is 0 Å². The molecule has 98 valence electrons. The summed E-state index contributed by atoms with van der Waals surface area (Å²) in [5.74, 6) is 0.119. The van der Waals surface area contributed by atoms with Crippen molar-refractivity contribution in [3.8, 4) is 0 Å². The molecule has 3 nitrogen and oxygen atoms in total. The molecular formula is C12H27ClN2O. The van der Waals surface area contributed by atoms with Crippen LogP contribution in [0.25, 0.3) is 0 Å². The van der Waals surface area contributed by atoms with E-state index < -0.39 is 0 Å². The van der Waals surface area contributed by atoms with Crippen LogP contribution in [0.4, 0.5) is 0 Å². The second-order valence-electron chi connectivity index (χ2n) is 5.38. The lowest BCUT2D eigenvalue weighted by molar-refractivity contribution is -0.123. The maximum atomic E-state index is 11.6. The molecule has 16 heavy (non-hydrogen) atoms. The monoisotopic (exact) mass is 250 g/mol. The quantitative estimate of drug-likeness (QED) is 0.761. The van der Waals surface area contributed by atoms with Crippen molar-refractivity contribution < 1.29 is 4.79 Å². The summed E-state index contributed by atoms with van der Waals surface area (Å²) >= 11 is 0. The van der Waals surface area contributed by atoms with Gasteiger partial charge in [-0.3, -0.25) is 4.79 Å². The number of carbonyl (C=O) groups is 1. The molecule has 0 spiro atoms. The summed E-state index contributed by atoms with van der Waals surface area (Å²) in [6.07, 6.45) is 3.82. The lowest BCUT2D eigenvalue weighted by Crippen LogP contribution is -2.41. The smallest absolute Gasteiger partial charge is 0.220 e. The van der Waals surface area contributed by atoms with Gasteiger partial charge >= 0.3 is 0 Å². The van der Waals surface area contributed by atoms with E-state index in [9.17, 15) is 4.79 Å². The number of rotatable bonds is 6. The Bertz CT molecular complexity index is 190. The molecule has 0 aromatic carbocycles. The maximum Gasteiger partial charge on any atom is 0.220 e. The van der Waals surface area contributed by atoms with Crippen molar-refractivity contribution in [1.29, 1.82) is 0 Å². The molecule has 0 aliphatic rings. The first-order chi connectivity index (χ1) is 6.89. The van der Waals surface area contributed by atoms with Gasteiger partial charge < -0.3 is 11.1 Å². The number of nitrogens with two attached hydrogens (primary N) is 1. The highest BCUT2D eigenvalue weighted by Crippen LogP contribution is 2.18. The van der Waals surface area contributed by atoms with E-state index >= 15 is 0 Å². The van der Waals surface area contributed by atoms with E-state index in [1.807, 2.05) is 0 Å². The molecule has 0 rings (SSSR count). The largest absolute Gasteiger partial charge is 0.352 e. The van der Waals surface area contributed by atoms with Crippen LogP contribution in [-0.4, -0.2) is 18.5 Å². The van der Waals surface area contributed by atoms with Crippen LogP contribution in [-0.2, 0) is 4.79 Å². The summed E-state index contributed by atoms with van der Waals surface area (Å²) in [6.45, 7) is 8.88. The van der Waals surface area contributed by atoms with Crippen LogP contribution in [0.5, 0.6) is 0 Å². The van der Waals surface area contributed by atoms with E-state index in [-0.39, 0.29) is 29.8 Å². The molecule has 4 heteroatoms. The first kappa shape index (κ1) is 18.1. The van der Waals surface area contributed by atoms with E-state index in [4.69, 9.17) is 5.73 Å². The molecule has 1 amide bonds. The minimum atomic E-state index is 0. The van der Waals surface area contributed by atoms with Crippen LogP contribution < -0.4 is 11.1 Å². The van der Waals surface area contributed by atoms with Gasteiger partial charge in [-0.05, 0) is 11.8 Å². The zero-order chi connectivity index (χ0) is 11.9. The van der Waals surface area contributed by atoms with E-state index in [0.717, 1.165) is 19.3 Å². The number of hydrogen-bond acceptors (Lipinski definition) is 2. The third kappa shape index (κ3) is 10.2. The van der Waals surface area contributed by atoms with Crippen LogP contribution in [0.3, 0.4) is 0 Å². The Morgan fingerprint density at radius 3 is 2.31 bits per heavy atom. The zero-order valence-corrected chi connectivity index (χ0v) is 11.8. The number of hydrogen-bond donors (Lipinski definition) is 2. The first-order valence-corrected chi connectivity index (χ1v) is 5.88. The van der Waals surface area contributed by atoms with Crippen molar-refractivity contribution in [2.75, 3.05) is 6.54 Å². The van der Waals surface area contributed by atoms with Crippen molar-refractivity contribution in [3.05, 3.63) is 0 Å². The van der Waals surface area contributed by atoms with Crippen LogP contribution >= 0.6 is 12.4 Å². The van der Waals surface area contributed by atoms with E-state index in [2.05, 4.69) is 33.0 Å². The van der Waals surface area contributed by atoms with Crippen LogP contribution in [0.2, 0.25) is 0 Å². The summed E-state index contributed by atoms with van der Waals surface area (Å²) in [4.78, 5) is 11.6. The molecule has 0 saturated carbocycles. The lowest BCUT2D eigenvalue weighted by Gasteiger charge is -2.21. The minimum Gasteiger partial charge on any atom is -0.352 e. The summed E-state index contributed by atoms with van der Waals surface area (Å²) < 4.78 is 0. The van der Waals surface area contributed by atoms with Crippen molar-refractivity contribution >= 4 is 18.3 Å². The molecule has 0 saturated heterocycles. The van der Waals surface area contributed by atoms with Crippen LogP contribution in [0.15, 0.2) is 0 Å². The summed E-state index contributed by atoms with van der Waals surface area (Å²) in [5.41, 5.74) is 5.66. The Morgan fingerprint density at radius 2 is 1.94 bits per heavy atom. The molecule has 0 radical (unpaired) electrons. The second kappa shape index (κ2) is 8.82. The van der Waals surface area contributed by atoms with Gasteiger partial charge in [-0.25, -0.2) is 0 Å². The topological polar surface area (TPSA) is 55.1 Å². The first-order valence-electron chi connectivity index (χ1n) is 5.88. The number of amides is 1. The minimum absolute atomic E-state index is 0. The molecule has 0 aromatic heterocycles. The Morgan fingerprint density at radius 1 is 1.38 bits per heavy atom. The SMILES string of the molecule is CCCCC(CN)NC(=O)CC(C)(C)C.Cl. The van der Waals surface area contributed by atoms with Crippen molar-refractivity contribution in [1.82, 2.24) is 5.32 Å². The van der Waals surface area contributed by atoms with Crippen LogP contribution in [0, 0.1) is 5.41 Å². The molecule has 0 fully saturated rings. The number of halogens is 1. The highest BCUT2D eigenvalue weighted by Gasteiger charge is 2.17. The fourth-order valence-electron chi connectivity index (χ4n) is 1.46. The van der Waals surface area contributed by atoms with Gasteiger partial charge in [0.1, 0.15) is 0 Å². The fraction of sp³-hybridized carbons (Fsp3) is 0.917. The zero-order valence-electron chi connectivity index (χ0n) is 11.0. The average molecular weight is 251 g/mol. The predicted octanol–water partition coefficient (Wildman–Crippen LogP) is 2.48. The highest BCUT2D eigenvalue weighted by atomic mass is 35.5. The van der Waals surface area contributed by atoms with Gasteiger partial charge in [0.15, 0.2) is 0 Å². The standard InChI is InChI=1S/C12H26N2O.ClH/c1-5-6-7-10(9-13)14-11(15)8-12(2,3)4;/h10H,5-9,13H2,1-4H3,(H,14,15);1H. The van der Waals surface area contributed by atoms with Gasteiger partial charge in [-0.15, -0.1) is 12.4 Å². The normalized spacial score (nSPS) is 12.8. The Labute approximate surface area is 106 Å². The van der Waals surface area contributed by atoms with Gasteiger partial charge in [-0.1, -0.05) is 40.5 Å². The fourth-order valence-corrected chi connectivity index (χ4v) is 1.46. The number of nitrogens with one attached hydrogen (secondary N) is 1. The Balaban J connectivity index is 0. The molecule has 0 aliphatic carbocycles. The van der Waals surface area contributed by atoms with Gasteiger partial charge in [0, 0.05) is 19.0 Å². The van der Waals surface area contributed by atoms with E-state index in [1.54, 1.807) is 0 Å². The molecule has 0 bridgehead atoms. The second-order valence-corrected chi connectivity index (χ2v) is 5.38. The third-order valence-electron chi connectivity index (χ3n) is 2.25. The molecule has 0 aromatic rings. The van der Waals surface area contributed by atoms with Gasteiger partial charge in [0.05, 0.1) is 0 Å². The van der Waals surface area contributed by atoms with Gasteiger partial charge in [0.25, 0.3) is 0 Å². The van der Waals surface area contributed by atoms with Crippen molar-refractivity contribution in [2.24, 2.45) is 11.1 Å². The van der Waals surface area contributed by atoms with E-state index in [0.29, 0.717) is 13.0 Å². The predicted molar refractivity (Wildman–Crippen MR) is 71.8 cm³/mol. The molecule has 0 heterocycles. The van der Waals surface area contributed by atoms with Gasteiger partial charge in [0.2, 0.25) is 5.91 Å². The lowest BCUT2D eigenvalue weighted by atomic mass is 9.92. The number of carbonyl (C=O) groups excluding carboxylic acids is 1. The molecule has 1 atom stereocenters. The Kier molecular flexibility index (Phi) is 9.98. The molecule has 0 aliphatic heterocycles. The Hall–Kier alpha value is -0.280. The van der Waals surface area contributed by atoms with Crippen LogP contribution in [0.1, 0.15) is 53.4 Å². The summed E-state index contributed by atoms with van der Waals surface area (Å²) in [7, 11) is 0. The molecular weight excluding hydrogens is 224 g/mol. The summed E-state index contributed by atoms with van der Waals surface area (Å²) in [6, 6.07) is 0.153. The maximum absolute atomic E-state index is 11.6. The third-order valence-corrected chi connectivity index (χ3v) is 2.25. The molecule has 1 unspecified atom stereocenters. The number of unbranched alkanes of at least 4 members (excludes halogenated alkanes) is 1. The molecule has 3 N–H and O–H groups in total. The summed E-state index contributed by atoms with van der Waals surface area (Å²) in [5, 5.41) is 2.99. The average Bonchev–Trinajstić information content (AvgIpc) is 2.09.